The van der Waals surface area contributed by atoms with E-state index < -0.39 is 0 Å². The van der Waals surface area contributed by atoms with Crippen LogP contribution in [0.25, 0.3) is 16.9 Å². The third kappa shape index (κ3) is 1.29. The van der Waals surface area contributed by atoms with Crippen molar-refractivity contribution in [1.82, 2.24) is 4.98 Å². The van der Waals surface area contributed by atoms with E-state index in [4.69, 9.17) is 0 Å². The molecule has 2 aromatic heterocycles. The van der Waals surface area contributed by atoms with E-state index in [1.165, 1.54) is 6.07 Å². The Balaban J connectivity index is 2.31. The summed E-state index contributed by atoms with van der Waals surface area (Å²) in [6.07, 6.45) is 3.77. The maximum atomic E-state index is 13.6. The number of aromatic amines is 1. The van der Waals surface area contributed by atoms with Gasteiger partial charge in [-0.15, -0.1) is 0 Å². The summed E-state index contributed by atoms with van der Waals surface area (Å²) in [6.45, 7) is 0. The molecule has 3 rings (SSSR count). The number of hydrogen-bond donors (Lipinski definition) is 1. The lowest BCUT2D eigenvalue weighted by Crippen LogP contribution is -2.21. The number of nitrogens with zero attached hydrogens (tertiary/aromatic N) is 1. The van der Waals surface area contributed by atoms with Gasteiger partial charge in [0.2, 0.25) is 0 Å². The van der Waals surface area contributed by atoms with Gasteiger partial charge in [0.25, 0.3) is 5.82 Å². The van der Waals surface area contributed by atoms with Crippen LogP contribution in [0.1, 0.15) is 0 Å². The van der Waals surface area contributed by atoms with Crippen LogP contribution >= 0.6 is 0 Å². The van der Waals surface area contributed by atoms with E-state index in [0.29, 0.717) is 5.56 Å². The van der Waals surface area contributed by atoms with Crippen LogP contribution in [-0.4, -0.2) is 4.98 Å². The van der Waals surface area contributed by atoms with Crippen LogP contribution in [0.3, 0.4) is 0 Å². The van der Waals surface area contributed by atoms with E-state index >= 15 is 0 Å². The van der Waals surface area contributed by atoms with Crippen molar-refractivity contribution in [2.24, 2.45) is 0 Å². The molecule has 1 N–H and O–H groups in total. The monoisotopic (exact) mass is 213 g/mol. The molecule has 3 heteroatoms. The molecule has 0 bridgehead atoms. The zero-order valence-electron chi connectivity index (χ0n) is 8.52. The molecule has 0 amide bonds. The normalized spacial score (nSPS) is 10.8. The molecule has 0 radical (unpaired) electrons. The lowest BCUT2D eigenvalue weighted by molar-refractivity contribution is -0.498. The Bertz CT molecular complexity index is 643. The first-order valence-corrected chi connectivity index (χ1v) is 5.09. The van der Waals surface area contributed by atoms with E-state index in [-0.39, 0.29) is 5.82 Å². The molecule has 0 aliphatic rings. The summed E-state index contributed by atoms with van der Waals surface area (Å²) < 4.78 is 15.6. The summed E-state index contributed by atoms with van der Waals surface area (Å²) in [4.78, 5) is 3.09. The molecule has 0 spiro atoms. The molecule has 0 aliphatic carbocycles. The maximum absolute atomic E-state index is 13.6. The molecular weight excluding hydrogens is 203 g/mol. The predicted octanol–water partition coefficient (Wildman–Crippen LogP) is 2.56. The highest BCUT2D eigenvalue weighted by atomic mass is 19.1. The molecule has 0 atom stereocenters. The predicted molar refractivity (Wildman–Crippen MR) is 59.3 cm³/mol. The number of imidazole rings is 1. The average Bonchev–Trinajstić information content (AvgIpc) is 2.74. The number of hydrogen-bond acceptors (Lipinski definition) is 0. The van der Waals surface area contributed by atoms with Crippen LogP contribution in [0.2, 0.25) is 0 Å². The van der Waals surface area contributed by atoms with Crippen LogP contribution in [0.4, 0.5) is 4.39 Å². The Morgan fingerprint density at radius 2 is 1.81 bits per heavy atom. The minimum Gasteiger partial charge on any atom is -0.242 e. The minimum absolute atomic E-state index is 0.220. The second-order valence-corrected chi connectivity index (χ2v) is 3.61. The van der Waals surface area contributed by atoms with E-state index in [9.17, 15) is 4.39 Å². The lowest BCUT2D eigenvalue weighted by atomic mass is 10.2. The van der Waals surface area contributed by atoms with E-state index in [2.05, 4.69) is 4.98 Å². The highest BCUT2D eigenvalue weighted by Gasteiger charge is 2.16. The molecule has 16 heavy (non-hydrogen) atoms. The molecule has 1 aromatic carbocycles. The van der Waals surface area contributed by atoms with E-state index in [0.717, 1.165) is 11.3 Å². The Labute approximate surface area is 92.0 Å². The lowest BCUT2D eigenvalue weighted by Gasteiger charge is -1.96. The number of nitrogens with one attached hydrogen (secondary N) is 1. The van der Waals surface area contributed by atoms with E-state index in [1.807, 2.05) is 41.1 Å². The number of halogens is 1. The summed E-state index contributed by atoms with van der Waals surface area (Å²) in [5.74, 6) is 0.538. The molecule has 3 aromatic rings. The van der Waals surface area contributed by atoms with Gasteiger partial charge in [0.05, 0.1) is 6.20 Å². The number of aromatic nitrogens is 2. The summed E-state index contributed by atoms with van der Waals surface area (Å²) in [5.41, 5.74) is 1.59. The fourth-order valence-electron chi connectivity index (χ4n) is 1.85. The zero-order chi connectivity index (χ0) is 11.0. The van der Waals surface area contributed by atoms with Gasteiger partial charge in [-0.05, 0) is 24.3 Å². The van der Waals surface area contributed by atoms with Gasteiger partial charge in [-0.3, -0.25) is 0 Å². The van der Waals surface area contributed by atoms with Crippen molar-refractivity contribution in [3.8, 4) is 11.4 Å². The third-order valence-corrected chi connectivity index (χ3v) is 2.62. The third-order valence-electron chi connectivity index (χ3n) is 2.62. The fourth-order valence-corrected chi connectivity index (χ4v) is 1.85. The quantitative estimate of drug-likeness (QED) is 0.599. The number of fused-ring (bicyclic) bond motifs is 1. The smallest absolute Gasteiger partial charge is 0.242 e. The van der Waals surface area contributed by atoms with Crippen molar-refractivity contribution >= 4 is 5.52 Å². The van der Waals surface area contributed by atoms with Crippen molar-refractivity contribution in [3.63, 3.8) is 0 Å². The molecule has 0 aliphatic heterocycles. The average molecular weight is 213 g/mol. The molecule has 78 valence electrons. The summed E-state index contributed by atoms with van der Waals surface area (Å²) in [7, 11) is 0. The van der Waals surface area contributed by atoms with Crippen molar-refractivity contribution in [3.05, 3.63) is 60.7 Å². The van der Waals surface area contributed by atoms with Crippen LogP contribution in [0.5, 0.6) is 0 Å². The first kappa shape index (κ1) is 9.09. The summed E-state index contributed by atoms with van der Waals surface area (Å²) >= 11 is 0. The van der Waals surface area contributed by atoms with Gasteiger partial charge in [0.15, 0.2) is 5.52 Å². The highest BCUT2D eigenvalue weighted by Crippen LogP contribution is 2.17. The zero-order valence-corrected chi connectivity index (χ0v) is 8.52. The van der Waals surface area contributed by atoms with Crippen LogP contribution in [-0.2, 0) is 0 Å². The molecule has 2 nitrogen and oxygen atoms in total. The number of benzene rings is 1. The van der Waals surface area contributed by atoms with E-state index in [1.54, 1.807) is 12.1 Å². The van der Waals surface area contributed by atoms with Crippen molar-refractivity contribution in [1.29, 1.82) is 0 Å². The number of H-pyrrole nitrogens is 1. The molecule has 0 unspecified atom stereocenters. The Morgan fingerprint density at radius 3 is 2.69 bits per heavy atom. The van der Waals surface area contributed by atoms with Gasteiger partial charge < -0.3 is 0 Å². The Kier molecular flexibility index (Phi) is 1.96. The topological polar surface area (TPSA) is 19.9 Å². The largest absolute Gasteiger partial charge is 0.294 e. The second kappa shape index (κ2) is 3.45. The van der Waals surface area contributed by atoms with Gasteiger partial charge in [-0.25, -0.2) is 9.37 Å². The fraction of sp³-hybridized carbons (Fsp3) is 0. The first-order chi connectivity index (χ1) is 7.86. The second-order valence-electron chi connectivity index (χ2n) is 3.61. The molecular formula is C13H10FN2+. The minimum atomic E-state index is -0.220. The molecule has 2 heterocycles. The van der Waals surface area contributed by atoms with Gasteiger partial charge in [0.1, 0.15) is 17.6 Å². The van der Waals surface area contributed by atoms with Crippen molar-refractivity contribution in [2.45, 2.75) is 0 Å². The molecule has 0 saturated carbocycles. The van der Waals surface area contributed by atoms with Crippen LogP contribution < -0.4 is 4.40 Å². The van der Waals surface area contributed by atoms with Gasteiger partial charge in [-0.2, -0.15) is 4.40 Å². The van der Waals surface area contributed by atoms with Gasteiger partial charge in [0, 0.05) is 0 Å². The van der Waals surface area contributed by atoms with Crippen LogP contribution in [0, 0.1) is 5.82 Å². The number of rotatable bonds is 1. The van der Waals surface area contributed by atoms with Crippen molar-refractivity contribution < 1.29 is 8.79 Å². The summed E-state index contributed by atoms with van der Waals surface area (Å²) in [5, 5.41) is 0. The highest BCUT2D eigenvalue weighted by molar-refractivity contribution is 5.55. The Morgan fingerprint density at radius 1 is 1.00 bits per heavy atom. The standard InChI is InChI=1S/C13H9FN2/c14-12-7-2-1-6-11(12)13-15-9-10-5-3-4-8-16(10)13/h1-9H/p+1. The van der Waals surface area contributed by atoms with Gasteiger partial charge in [-0.1, -0.05) is 18.2 Å². The summed E-state index contributed by atoms with van der Waals surface area (Å²) in [6, 6.07) is 12.6. The number of pyridine rings is 1. The molecule has 0 saturated heterocycles. The molecule has 0 fully saturated rings. The van der Waals surface area contributed by atoms with Crippen LogP contribution in [0.15, 0.2) is 54.9 Å². The maximum Gasteiger partial charge on any atom is 0.294 e. The first-order valence-electron chi connectivity index (χ1n) is 5.09. The van der Waals surface area contributed by atoms with Crippen molar-refractivity contribution in [2.75, 3.05) is 0 Å². The van der Waals surface area contributed by atoms with Gasteiger partial charge >= 0.3 is 0 Å². The SMILES string of the molecule is Fc1ccccc1-c1[nH]cc2cccc[n+]12. The Hall–Kier alpha value is -2.16.